The molecule has 0 saturated heterocycles. The van der Waals surface area contributed by atoms with Crippen molar-refractivity contribution in [1.82, 2.24) is 0 Å². The van der Waals surface area contributed by atoms with Gasteiger partial charge in [-0.05, 0) is 6.92 Å². The van der Waals surface area contributed by atoms with Gasteiger partial charge in [0.1, 0.15) is 0 Å². The molecule has 1 aliphatic heterocycles. The van der Waals surface area contributed by atoms with Crippen LogP contribution in [0.5, 0.6) is 0 Å². The van der Waals surface area contributed by atoms with E-state index in [1.165, 1.54) is 0 Å². The first-order chi connectivity index (χ1) is 10.8. The lowest BCUT2D eigenvalue weighted by Crippen LogP contribution is -2.26. The SMILES string of the molecule is C1=NOC(c2ccccc2)(c2ccccc2)C1.CCOC=O. The molecule has 114 valence electrons. The third-order valence-corrected chi connectivity index (χ3v) is 3.38. The van der Waals surface area contributed by atoms with E-state index in [1.54, 1.807) is 6.92 Å². The van der Waals surface area contributed by atoms with Gasteiger partial charge in [0.15, 0.2) is 5.60 Å². The Morgan fingerprint density at radius 3 is 1.95 bits per heavy atom. The van der Waals surface area contributed by atoms with Crippen LogP contribution >= 0.6 is 0 Å². The molecule has 0 atom stereocenters. The van der Waals surface area contributed by atoms with Crippen LogP contribution in [0, 0.1) is 0 Å². The van der Waals surface area contributed by atoms with Crippen LogP contribution in [0.25, 0.3) is 0 Å². The van der Waals surface area contributed by atoms with Gasteiger partial charge >= 0.3 is 0 Å². The Bertz CT molecular complexity index is 547. The first kappa shape index (κ1) is 15.8. The van der Waals surface area contributed by atoms with Crippen molar-refractivity contribution in [3.05, 3.63) is 71.8 Å². The maximum Gasteiger partial charge on any atom is 0.293 e. The van der Waals surface area contributed by atoms with Crippen LogP contribution in [0.4, 0.5) is 0 Å². The number of hydrogen-bond donors (Lipinski definition) is 0. The first-order valence-corrected chi connectivity index (χ1v) is 7.20. The molecule has 0 aromatic heterocycles. The molecule has 0 unspecified atom stereocenters. The zero-order valence-electron chi connectivity index (χ0n) is 12.5. The molecule has 0 aliphatic carbocycles. The largest absolute Gasteiger partial charge is 0.468 e. The zero-order chi connectivity index (χ0) is 15.7. The van der Waals surface area contributed by atoms with E-state index in [2.05, 4.69) is 34.2 Å². The molecular weight excluding hydrogens is 278 g/mol. The van der Waals surface area contributed by atoms with Crippen LogP contribution in [0.1, 0.15) is 24.5 Å². The molecule has 0 bridgehead atoms. The minimum atomic E-state index is -0.442. The molecule has 3 rings (SSSR count). The van der Waals surface area contributed by atoms with Crippen LogP contribution in [-0.4, -0.2) is 19.3 Å². The number of oxime groups is 1. The van der Waals surface area contributed by atoms with Gasteiger partial charge < -0.3 is 9.57 Å². The van der Waals surface area contributed by atoms with Crippen LogP contribution in [0.2, 0.25) is 0 Å². The van der Waals surface area contributed by atoms with Gasteiger partial charge in [0.25, 0.3) is 6.47 Å². The summed E-state index contributed by atoms with van der Waals surface area (Å²) in [6.45, 7) is 2.66. The van der Waals surface area contributed by atoms with Crippen molar-refractivity contribution in [2.24, 2.45) is 5.16 Å². The maximum absolute atomic E-state index is 9.18. The summed E-state index contributed by atoms with van der Waals surface area (Å²) in [6, 6.07) is 20.5. The second-order valence-electron chi connectivity index (χ2n) is 4.69. The van der Waals surface area contributed by atoms with E-state index < -0.39 is 5.60 Å². The molecule has 4 nitrogen and oxygen atoms in total. The van der Waals surface area contributed by atoms with Gasteiger partial charge in [-0.15, -0.1) is 0 Å². The second kappa shape index (κ2) is 7.98. The van der Waals surface area contributed by atoms with Crippen molar-refractivity contribution in [2.75, 3.05) is 6.61 Å². The average molecular weight is 297 g/mol. The number of nitrogens with zero attached hydrogens (tertiary/aromatic N) is 1. The van der Waals surface area contributed by atoms with Crippen molar-refractivity contribution in [2.45, 2.75) is 18.9 Å². The zero-order valence-corrected chi connectivity index (χ0v) is 12.5. The highest BCUT2D eigenvalue weighted by atomic mass is 16.7. The van der Waals surface area contributed by atoms with Gasteiger partial charge in [0.05, 0.1) is 6.61 Å². The van der Waals surface area contributed by atoms with Gasteiger partial charge in [-0.1, -0.05) is 65.8 Å². The van der Waals surface area contributed by atoms with E-state index in [0.29, 0.717) is 13.1 Å². The van der Waals surface area contributed by atoms with Crippen molar-refractivity contribution in [3.63, 3.8) is 0 Å². The Labute approximate surface area is 130 Å². The van der Waals surface area contributed by atoms with Gasteiger partial charge in [0, 0.05) is 23.8 Å². The van der Waals surface area contributed by atoms with Crippen molar-refractivity contribution in [1.29, 1.82) is 0 Å². The van der Waals surface area contributed by atoms with E-state index in [0.717, 1.165) is 17.5 Å². The van der Waals surface area contributed by atoms with Crippen LogP contribution in [0.3, 0.4) is 0 Å². The summed E-state index contributed by atoms with van der Waals surface area (Å²) in [5.41, 5.74) is 1.84. The molecule has 2 aromatic rings. The normalized spacial score (nSPS) is 14.4. The number of rotatable bonds is 4. The molecule has 0 spiro atoms. The molecule has 0 radical (unpaired) electrons. The number of ether oxygens (including phenoxy) is 1. The number of carbonyl (C=O) groups excluding carboxylic acids is 1. The van der Waals surface area contributed by atoms with E-state index in [1.807, 2.05) is 42.6 Å². The summed E-state index contributed by atoms with van der Waals surface area (Å²) in [4.78, 5) is 14.9. The summed E-state index contributed by atoms with van der Waals surface area (Å²) in [5.74, 6) is 0. The molecule has 0 fully saturated rings. The summed E-state index contributed by atoms with van der Waals surface area (Å²) >= 11 is 0. The highest BCUT2D eigenvalue weighted by molar-refractivity contribution is 5.63. The molecule has 4 heteroatoms. The van der Waals surface area contributed by atoms with Crippen molar-refractivity contribution >= 4 is 12.7 Å². The number of benzene rings is 2. The predicted octanol–water partition coefficient (Wildman–Crippen LogP) is 3.52. The van der Waals surface area contributed by atoms with Crippen LogP contribution in [-0.2, 0) is 20.0 Å². The fraction of sp³-hybridized carbons (Fsp3) is 0.222. The minimum absolute atomic E-state index is 0.431. The molecular formula is C18H19NO3. The third-order valence-electron chi connectivity index (χ3n) is 3.38. The van der Waals surface area contributed by atoms with E-state index in [9.17, 15) is 4.79 Å². The number of hydrogen-bond acceptors (Lipinski definition) is 4. The van der Waals surface area contributed by atoms with Crippen molar-refractivity contribution < 1.29 is 14.4 Å². The molecule has 1 aliphatic rings. The Morgan fingerprint density at radius 1 is 1.09 bits per heavy atom. The number of carbonyl (C=O) groups is 1. The summed E-state index contributed by atoms with van der Waals surface area (Å²) < 4.78 is 4.15. The maximum atomic E-state index is 9.18. The minimum Gasteiger partial charge on any atom is -0.468 e. The second-order valence-corrected chi connectivity index (χ2v) is 4.69. The standard InChI is InChI=1S/C15H13NO.C3H6O2/c1-3-7-13(8-4-1)15(11-12-16-17-15)14-9-5-2-6-10-14;1-2-5-3-4/h1-10,12H,11H2;3H,2H2,1H3. The van der Waals surface area contributed by atoms with E-state index in [4.69, 9.17) is 4.84 Å². The Balaban J connectivity index is 0.000000309. The molecule has 22 heavy (non-hydrogen) atoms. The Hall–Kier alpha value is -2.62. The Kier molecular flexibility index (Phi) is 5.72. The van der Waals surface area contributed by atoms with Crippen molar-refractivity contribution in [3.8, 4) is 0 Å². The first-order valence-electron chi connectivity index (χ1n) is 7.20. The average Bonchev–Trinajstić information content (AvgIpc) is 3.09. The van der Waals surface area contributed by atoms with Crippen LogP contribution in [0.15, 0.2) is 65.8 Å². The predicted molar refractivity (Wildman–Crippen MR) is 85.5 cm³/mol. The van der Waals surface area contributed by atoms with Gasteiger partial charge in [0.2, 0.25) is 0 Å². The molecule has 0 amide bonds. The quantitative estimate of drug-likeness (QED) is 0.811. The third kappa shape index (κ3) is 3.52. The lowest BCUT2D eigenvalue weighted by atomic mass is 9.84. The Morgan fingerprint density at radius 2 is 1.64 bits per heavy atom. The molecule has 0 N–H and O–H groups in total. The monoisotopic (exact) mass is 297 g/mol. The van der Waals surface area contributed by atoms with Crippen LogP contribution < -0.4 is 0 Å². The van der Waals surface area contributed by atoms with Gasteiger partial charge in [-0.2, -0.15) is 0 Å². The lowest BCUT2D eigenvalue weighted by Gasteiger charge is -2.27. The highest BCUT2D eigenvalue weighted by Crippen LogP contribution is 2.39. The smallest absolute Gasteiger partial charge is 0.293 e. The topological polar surface area (TPSA) is 47.9 Å². The summed E-state index contributed by atoms with van der Waals surface area (Å²) in [7, 11) is 0. The fourth-order valence-electron chi connectivity index (χ4n) is 2.32. The molecule has 1 heterocycles. The lowest BCUT2D eigenvalue weighted by molar-refractivity contribution is -0.128. The van der Waals surface area contributed by atoms with Gasteiger partial charge in [-0.3, -0.25) is 4.79 Å². The summed E-state index contributed by atoms with van der Waals surface area (Å²) in [6.07, 6.45) is 2.61. The fourth-order valence-corrected chi connectivity index (χ4v) is 2.32. The van der Waals surface area contributed by atoms with Gasteiger partial charge in [-0.25, -0.2) is 0 Å². The summed E-state index contributed by atoms with van der Waals surface area (Å²) in [5, 5.41) is 3.96. The van der Waals surface area contributed by atoms with E-state index >= 15 is 0 Å². The molecule has 2 aromatic carbocycles. The van der Waals surface area contributed by atoms with E-state index in [-0.39, 0.29) is 0 Å². The molecule has 0 saturated carbocycles. The highest BCUT2D eigenvalue weighted by Gasteiger charge is 2.39.